The van der Waals surface area contributed by atoms with Crippen LogP contribution in [0.5, 0.6) is 0 Å². The number of ether oxygens (including phenoxy) is 1. The van der Waals surface area contributed by atoms with Gasteiger partial charge in [-0.15, -0.1) is 0 Å². The van der Waals surface area contributed by atoms with Crippen LogP contribution < -0.4 is 10.6 Å². The Balaban J connectivity index is 1.80. The Morgan fingerprint density at radius 2 is 2.45 bits per heavy atom. The smallest absolute Gasteiger partial charge is 0.191 e. The summed E-state index contributed by atoms with van der Waals surface area (Å²) in [5, 5.41) is 10.8. The summed E-state index contributed by atoms with van der Waals surface area (Å²) in [6.45, 7) is 7.24. The molecule has 0 aromatic carbocycles. The molecule has 20 heavy (non-hydrogen) atoms. The maximum Gasteiger partial charge on any atom is 0.191 e. The van der Waals surface area contributed by atoms with Crippen LogP contribution in [0, 0.1) is 0 Å². The molecule has 1 fully saturated rings. The van der Waals surface area contributed by atoms with Gasteiger partial charge < -0.3 is 20.3 Å². The van der Waals surface area contributed by atoms with Crippen LogP contribution in [0.1, 0.15) is 12.5 Å². The molecule has 112 valence electrons. The zero-order valence-corrected chi connectivity index (χ0v) is 13.1. The summed E-state index contributed by atoms with van der Waals surface area (Å²) in [7, 11) is 2.13. The molecule has 0 radical (unpaired) electrons. The maximum atomic E-state index is 5.74. The average Bonchev–Trinajstić information content (AvgIpc) is 2.95. The van der Waals surface area contributed by atoms with E-state index in [1.165, 1.54) is 5.56 Å². The Bertz CT molecular complexity index is 407. The molecule has 0 saturated carbocycles. The number of nitrogens with zero attached hydrogens (tertiary/aromatic N) is 2. The van der Waals surface area contributed by atoms with E-state index in [0.717, 1.165) is 38.7 Å². The van der Waals surface area contributed by atoms with Gasteiger partial charge in [0.05, 0.1) is 19.3 Å². The highest BCUT2D eigenvalue weighted by molar-refractivity contribution is 7.07. The lowest BCUT2D eigenvalue weighted by Crippen LogP contribution is -2.48. The fourth-order valence-corrected chi connectivity index (χ4v) is 2.76. The van der Waals surface area contributed by atoms with Crippen molar-refractivity contribution >= 4 is 17.3 Å². The molecule has 1 atom stereocenters. The van der Waals surface area contributed by atoms with Gasteiger partial charge in [-0.25, -0.2) is 4.99 Å². The molecule has 2 rings (SSSR count). The van der Waals surface area contributed by atoms with Gasteiger partial charge in [0.25, 0.3) is 0 Å². The minimum atomic E-state index is 0.235. The van der Waals surface area contributed by atoms with E-state index in [1.807, 2.05) is 0 Å². The molecule has 0 bridgehead atoms. The van der Waals surface area contributed by atoms with Crippen molar-refractivity contribution in [3.05, 3.63) is 22.4 Å². The van der Waals surface area contributed by atoms with Crippen LogP contribution in [0.15, 0.2) is 21.8 Å². The molecule has 0 amide bonds. The summed E-state index contributed by atoms with van der Waals surface area (Å²) in [6.07, 6.45) is 0.235. The fraction of sp³-hybridized carbons (Fsp3) is 0.643. The zero-order valence-electron chi connectivity index (χ0n) is 12.3. The van der Waals surface area contributed by atoms with Crippen molar-refractivity contribution in [2.75, 3.05) is 39.8 Å². The van der Waals surface area contributed by atoms with Crippen LogP contribution >= 0.6 is 11.3 Å². The Morgan fingerprint density at radius 3 is 3.15 bits per heavy atom. The molecule has 2 heterocycles. The molecule has 1 aliphatic heterocycles. The summed E-state index contributed by atoms with van der Waals surface area (Å²) >= 11 is 1.71. The van der Waals surface area contributed by atoms with E-state index >= 15 is 0 Å². The fourth-order valence-electron chi connectivity index (χ4n) is 2.10. The number of nitrogens with one attached hydrogen (secondary N) is 2. The zero-order chi connectivity index (χ0) is 14.2. The third-order valence-corrected chi connectivity index (χ3v) is 3.92. The van der Waals surface area contributed by atoms with Gasteiger partial charge in [-0.3, -0.25) is 0 Å². The van der Waals surface area contributed by atoms with Gasteiger partial charge in [0.1, 0.15) is 0 Å². The minimum absolute atomic E-state index is 0.235. The van der Waals surface area contributed by atoms with Crippen LogP contribution in [0.2, 0.25) is 0 Å². The van der Waals surface area contributed by atoms with Crippen molar-refractivity contribution in [3.8, 4) is 0 Å². The molecular formula is C14H24N4OS. The highest BCUT2D eigenvalue weighted by Crippen LogP contribution is 2.07. The molecule has 1 unspecified atom stereocenters. The molecular weight excluding hydrogens is 272 g/mol. The van der Waals surface area contributed by atoms with Gasteiger partial charge >= 0.3 is 0 Å². The summed E-state index contributed by atoms with van der Waals surface area (Å²) < 4.78 is 5.74. The van der Waals surface area contributed by atoms with E-state index in [-0.39, 0.29) is 6.10 Å². The summed E-state index contributed by atoms with van der Waals surface area (Å²) in [6, 6.07) is 2.11. The predicted molar refractivity (Wildman–Crippen MR) is 84.4 cm³/mol. The van der Waals surface area contributed by atoms with Crippen LogP contribution in [0.3, 0.4) is 0 Å². The normalized spacial score (nSPS) is 20.9. The lowest BCUT2D eigenvalue weighted by atomic mass is 10.3. The molecule has 5 nitrogen and oxygen atoms in total. The van der Waals surface area contributed by atoms with E-state index in [2.05, 4.69) is 51.3 Å². The van der Waals surface area contributed by atoms with Gasteiger partial charge in [0.2, 0.25) is 0 Å². The molecule has 0 spiro atoms. The average molecular weight is 296 g/mol. The number of hydrogen-bond acceptors (Lipinski definition) is 4. The molecule has 2 N–H and O–H groups in total. The Hall–Kier alpha value is -1.11. The quantitative estimate of drug-likeness (QED) is 0.632. The first-order valence-corrected chi connectivity index (χ1v) is 8.05. The number of hydrogen-bond donors (Lipinski definition) is 2. The van der Waals surface area contributed by atoms with Gasteiger partial charge in [-0.05, 0) is 36.4 Å². The lowest BCUT2D eigenvalue weighted by Gasteiger charge is -2.30. The summed E-state index contributed by atoms with van der Waals surface area (Å²) in [5.74, 6) is 0.857. The van der Waals surface area contributed by atoms with Crippen LogP contribution in [-0.2, 0) is 11.3 Å². The summed E-state index contributed by atoms with van der Waals surface area (Å²) in [5.41, 5.74) is 1.25. The number of rotatable bonds is 5. The van der Waals surface area contributed by atoms with Gasteiger partial charge in [0.15, 0.2) is 5.96 Å². The van der Waals surface area contributed by atoms with Gasteiger partial charge in [-0.1, -0.05) is 0 Å². The van der Waals surface area contributed by atoms with Crippen molar-refractivity contribution in [3.63, 3.8) is 0 Å². The standard InChI is InChI=1S/C14H24N4OS/c1-3-15-14(16-8-12-4-7-20-11-12)17-9-13-10-18(2)5-6-19-13/h4,7,11,13H,3,5-6,8-10H2,1-2H3,(H2,15,16,17). The molecule has 0 aliphatic carbocycles. The first-order chi connectivity index (χ1) is 9.78. The summed E-state index contributed by atoms with van der Waals surface area (Å²) in [4.78, 5) is 6.89. The lowest BCUT2D eigenvalue weighted by molar-refractivity contribution is -0.0161. The van der Waals surface area contributed by atoms with Gasteiger partial charge in [0, 0.05) is 26.2 Å². The Morgan fingerprint density at radius 1 is 1.55 bits per heavy atom. The first-order valence-electron chi connectivity index (χ1n) is 7.11. The first kappa shape index (κ1) is 15.3. The SMILES string of the molecule is CCNC(=NCc1ccsc1)NCC1CN(C)CCO1. The molecule has 1 aliphatic rings. The largest absolute Gasteiger partial charge is 0.374 e. The number of thiophene rings is 1. The highest BCUT2D eigenvalue weighted by atomic mass is 32.1. The Kier molecular flexibility index (Phi) is 6.29. The van der Waals surface area contributed by atoms with E-state index in [0.29, 0.717) is 6.54 Å². The van der Waals surface area contributed by atoms with Crippen molar-refractivity contribution in [1.29, 1.82) is 0 Å². The van der Waals surface area contributed by atoms with E-state index in [9.17, 15) is 0 Å². The van der Waals surface area contributed by atoms with Crippen LogP contribution in [-0.4, -0.2) is 56.8 Å². The second kappa shape index (κ2) is 8.24. The molecule has 1 saturated heterocycles. The number of aliphatic imine (C=N–C) groups is 1. The second-order valence-corrected chi connectivity index (χ2v) is 5.74. The van der Waals surface area contributed by atoms with E-state index < -0.39 is 0 Å². The predicted octanol–water partition coefficient (Wildman–Crippen LogP) is 1.13. The third kappa shape index (κ3) is 5.11. The molecule has 1 aromatic rings. The number of guanidine groups is 1. The van der Waals surface area contributed by atoms with E-state index in [4.69, 9.17) is 4.74 Å². The molecule has 1 aromatic heterocycles. The van der Waals surface area contributed by atoms with Crippen LogP contribution in [0.4, 0.5) is 0 Å². The van der Waals surface area contributed by atoms with Crippen LogP contribution in [0.25, 0.3) is 0 Å². The monoisotopic (exact) mass is 296 g/mol. The molecule has 6 heteroatoms. The third-order valence-electron chi connectivity index (χ3n) is 3.18. The highest BCUT2D eigenvalue weighted by Gasteiger charge is 2.17. The number of likely N-dealkylation sites (N-methyl/N-ethyl adjacent to an activating group) is 1. The van der Waals surface area contributed by atoms with Crippen molar-refractivity contribution < 1.29 is 4.74 Å². The Labute approximate surface area is 125 Å². The van der Waals surface area contributed by atoms with Crippen molar-refractivity contribution in [2.45, 2.75) is 19.6 Å². The van der Waals surface area contributed by atoms with E-state index in [1.54, 1.807) is 11.3 Å². The topological polar surface area (TPSA) is 48.9 Å². The van der Waals surface area contributed by atoms with Crippen molar-refractivity contribution in [1.82, 2.24) is 15.5 Å². The second-order valence-electron chi connectivity index (χ2n) is 4.96. The van der Waals surface area contributed by atoms with Gasteiger partial charge in [-0.2, -0.15) is 11.3 Å². The maximum absolute atomic E-state index is 5.74. The number of morpholine rings is 1. The van der Waals surface area contributed by atoms with Crippen molar-refractivity contribution in [2.24, 2.45) is 4.99 Å². The minimum Gasteiger partial charge on any atom is -0.374 e.